The molecule has 0 saturated carbocycles. The number of nitrogens with two attached hydrogens (primary N) is 1. The van der Waals surface area contributed by atoms with Crippen LogP contribution in [0.1, 0.15) is 0 Å². The van der Waals surface area contributed by atoms with Gasteiger partial charge in [0.1, 0.15) is 12.7 Å². The number of hydrogen-bond acceptors (Lipinski definition) is 6. The number of rotatable bonds is 0. The van der Waals surface area contributed by atoms with Crippen LogP contribution in [-0.4, -0.2) is 20.0 Å². The minimum Gasteiger partial charge on any atom is -0.356 e. The fraction of sp³-hybridized carbons (Fsp3) is 0. The van der Waals surface area contributed by atoms with Gasteiger partial charge in [0.15, 0.2) is 0 Å². The van der Waals surface area contributed by atoms with Crippen molar-refractivity contribution in [1.29, 1.82) is 0 Å². The van der Waals surface area contributed by atoms with E-state index in [2.05, 4.69) is 10.2 Å². The second kappa shape index (κ2) is 6.77. The van der Waals surface area contributed by atoms with E-state index in [1.165, 1.54) is 17.3 Å². The number of aromatic nitrogens is 3. The largest absolute Gasteiger partial charge is 0.356 e. The van der Waals surface area contributed by atoms with E-state index in [0.29, 0.717) is 0 Å². The summed E-state index contributed by atoms with van der Waals surface area (Å²) in [7, 11) is 0. The van der Waals surface area contributed by atoms with Gasteiger partial charge in [0.25, 0.3) is 0 Å². The van der Waals surface area contributed by atoms with Crippen LogP contribution in [0, 0.1) is 15.3 Å². The molecule has 2 N–H and O–H groups in total. The van der Waals surface area contributed by atoms with E-state index < -0.39 is 5.09 Å². The van der Waals surface area contributed by atoms with E-state index in [1.807, 2.05) is 0 Å². The van der Waals surface area contributed by atoms with Gasteiger partial charge in [0.05, 0.1) is 5.09 Å². The maximum Gasteiger partial charge on any atom is 0.138 e. The fourth-order valence-corrected chi connectivity index (χ4v) is 0.209. The molecule has 1 rings (SSSR count). The molecule has 0 aromatic carbocycles. The molecule has 1 aromatic rings. The van der Waals surface area contributed by atoms with Gasteiger partial charge in [-0.25, -0.2) is 4.68 Å². The molecule has 0 aliphatic carbocycles. The van der Waals surface area contributed by atoms with Gasteiger partial charge in [-0.05, 0) is 0 Å². The Morgan fingerprint density at radius 1 is 1.36 bits per heavy atom. The zero-order valence-electron chi connectivity index (χ0n) is 5.10. The molecule has 8 nitrogen and oxygen atoms in total. The van der Waals surface area contributed by atoms with Gasteiger partial charge >= 0.3 is 0 Å². The van der Waals surface area contributed by atoms with Crippen molar-refractivity contribution in [3.05, 3.63) is 28.0 Å². The second-order valence-corrected chi connectivity index (χ2v) is 1.13. The Labute approximate surface area is 71.6 Å². The first kappa shape index (κ1) is 12.3. The third kappa shape index (κ3) is 12.0. The minimum absolute atomic E-state index is 0. The summed E-state index contributed by atoms with van der Waals surface area (Å²) in [5.41, 5.74) is 0. The van der Waals surface area contributed by atoms with E-state index >= 15 is 0 Å². The Bertz CT molecular complexity index is 184. The molecule has 1 aromatic heterocycles. The van der Waals surface area contributed by atoms with Gasteiger partial charge in [-0.3, -0.25) is 0 Å². The SMILES string of the molecule is Nn1cnnc1.O=[N+]([O-])[O-].[Fe]. The first-order valence-corrected chi connectivity index (χ1v) is 2.04. The molecule has 0 radical (unpaired) electrons. The number of nitrogens with zero attached hydrogens (tertiary/aromatic N) is 4. The van der Waals surface area contributed by atoms with Crippen molar-refractivity contribution in [2.45, 2.75) is 0 Å². The normalized spacial score (nSPS) is 6.91. The Balaban J connectivity index is 0. The molecular weight excluding hydrogens is 198 g/mol. The van der Waals surface area contributed by atoms with Crippen LogP contribution in [0.5, 0.6) is 0 Å². The van der Waals surface area contributed by atoms with Crippen LogP contribution in [-0.2, 0) is 17.1 Å². The summed E-state index contributed by atoms with van der Waals surface area (Å²) >= 11 is 0. The van der Waals surface area contributed by atoms with Crippen molar-refractivity contribution in [1.82, 2.24) is 14.9 Å². The molecule has 1 heterocycles. The standard InChI is InChI=1S/C2H4N4.Fe.NO3/c3-6-1-4-5-2-6;;2-1(3)4/h1-2H,3H2;;/q;;-1. The molecule has 0 atom stereocenters. The van der Waals surface area contributed by atoms with Crippen molar-refractivity contribution in [2.75, 3.05) is 5.84 Å². The van der Waals surface area contributed by atoms with E-state index in [9.17, 15) is 0 Å². The molecule has 0 aliphatic rings. The predicted octanol–water partition coefficient (Wildman–Crippen LogP) is -1.25. The molecular formula is C2H4FeN5O3-. The average molecular weight is 202 g/mol. The van der Waals surface area contributed by atoms with Gasteiger partial charge in [0, 0.05) is 17.1 Å². The van der Waals surface area contributed by atoms with Crippen molar-refractivity contribution >= 4 is 0 Å². The molecule has 0 unspecified atom stereocenters. The summed E-state index contributed by atoms with van der Waals surface area (Å²) in [6.07, 6.45) is 2.83. The Hall–Kier alpha value is -1.34. The summed E-state index contributed by atoms with van der Waals surface area (Å²) in [5, 5.41) is 21.6. The fourth-order valence-electron chi connectivity index (χ4n) is 0.209. The first-order valence-electron chi connectivity index (χ1n) is 2.04. The third-order valence-corrected chi connectivity index (χ3v) is 0.437. The molecule has 0 saturated heterocycles. The number of nitrogen functional groups attached to an aromatic ring is 1. The van der Waals surface area contributed by atoms with E-state index in [4.69, 9.17) is 21.2 Å². The minimum atomic E-state index is -1.75. The number of hydrogen-bond donors (Lipinski definition) is 1. The molecule has 64 valence electrons. The van der Waals surface area contributed by atoms with Gasteiger partial charge in [-0.15, -0.1) is 10.2 Å². The third-order valence-electron chi connectivity index (χ3n) is 0.437. The summed E-state index contributed by atoms with van der Waals surface area (Å²) in [6, 6.07) is 0. The first-order chi connectivity index (χ1) is 4.63. The predicted molar refractivity (Wildman–Crippen MR) is 30.5 cm³/mol. The zero-order valence-corrected chi connectivity index (χ0v) is 6.20. The van der Waals surface area contributed by atoms with Crippen LogP contribution in [0.15, 0.2) is 12.7 Å². The van der Waals surface area contributed by atoms with Crippen LogP contribution in [0.4, 0.5) is 0 Å². The van der Waals surface area contributed by atoms with Crippen molar-refractivity contribution in [2.24, 2.45) is 0 Å². The molecule has 0 bridgehead atoms. The van der Waals surface area contributed by atoms with E-state index in [1.54, 1.807) is 0 Å². The van der Waals surface area contributed by atoms with E-state index in [-0.39, 0.29) is 17.1 Å². The molecule has 11 heavy (non-hydrogen) atoms. The Morgan fingerprint density at radius 3 is 1.73 bits per heavy atom. The summed E-state index contributed by atoms with van der Waals surface area (Å²) < 4.78 is 1.28. The zero-order chi connectivity index (χ0) is 7.98. The maximum atomic E-state index is 8.25. The van der Waals surface area contributed by atoms with Crippen LogP contribution >= 0.6 is 0 Å². The molecule has 0 aliphatic heterocycles. The monoisotopic (exact) mass is 202 g/mol. The van der Waals surface area contributed by atoms with Gasteiger partial charge < -0.3 is 21.2 Å². The second-order valence-electron chi connectivity index (χ2n) is 1.13. The quantitative estimate of drug-likeness (QED) is 0.242. The molecule has 0 spiro atoms. The van der Waals surface area contributed by atoms with Crippen LogP contribution in [0.2, 0.25) is 0 Å². The van der Waals surface area contributed by atoms with Crippen molar-refractivity contribution in [3.63, 3.8) is 0 Å². The van der Waals surface area contributed by atoms with Gasteiger partial charge in [-0.2, -0.15) is 0 Å². The summed E-state index contributed by atoms with van der Waals surface area (Å²) in [5.74, 6) is 5.07. The average Bonchev–Trinajstić information content (AvgIpc) is 2.15. The van der Waals surface area contributed by atoms with Crippen molar-refractivity contribution in [3.8, 4) is 0 Å². The molecule has 0 fully saturated rings. The van der Waals surface area contributed by atoms with Crippen LogP contribution in [0.25, 0.3) is 0 Å². The Morgan fingerprint density at radius 2 is 1.64 bits per heavy atom. The van der Waals surface area contributed by atoms with E-state index in [0.717, 1.165) is 0 Å². The molecule has 9 heteroatoms. The van der Waals surface area contributed by atoms with Gasteiger partial charge in [0.2, 0.25) is 0 Å². The Kier molecular flexibility index (Phi) is 7.60. The topological polar surface area (TPSA) is 123 Å². The molecule has 0 amide bonds. The summed E-state index contributed by atoms with van der Waals surface area (Å²) in [4.78, 5) is 8.25. The summed E-state index contributed by atoms with van der Waals surface area (Å²) in [6.45, 7) is 0. The van der Waals surface area contributed by atoms with Crippen LogP contribution < -0.4 is 5.84 Å². The van der Waals surface area contributed by atoms with Crippen molar-refractivity contribution < 1.29 is 22.2 Å². The smallest absolute Gasteiger partial charge is 0.138 e. The maximum absolute atomic E-state index is 8.25. The van der Waals surface area contributed by atoms with Crippen LogP contribution in [0.3, 0.4) is 0 Å². The van der Waals surface area contributed by atoms with Gasteiger partial charge in [-0.1, -0.05) is 0 Å².